The molecule has 1 aromatic carbocycles. The van der Waals surface area contributed by atoms with Gasteiger partial charge in [-0.2, -0.15) is 0 Å². The van der Waals surface area contributed by atoms with Crippen molar-refractivity contribution in [2.45, 2.75) is 19.4 Å². The van der Waals surface area contributed by atoms with Gasteiger partial charge in [-0.05, 0) is 43.7 Å². The molecule has 1 heterocycles. The molecule has 1 aromatic rings. The maximum atomic E-state index is 11.9. The van der Waals surface area contributed by atoms with Crippen molar-refractivity contribution in [1.82, 2.24) is 10.6 Å². The first kappa shape index (κ1) is 11.4. The second kappa shape index (κ2) is 4.85. The zero-order valence-corrected chi connectivity index (χ0v) is 9.97. The maximum absolute atomic E-state index is 11.9. The molecule has 0 bridgehead atoms. The van der Waals surface area contributed by atoms with E-state index in [0.717, 1.165) is 25.1 Å². The van der Waals surface area contributed by atoms with E-state index in [0.29, 0.717) is 10.6 Å². The monoisotopic (exact) mass is 238 g/mol. The zero-order chi connectivity index (χ0) is 11.5. The molecule has 4 heteroatoms. The molecular weight excluding hydrogens is 224 g/mol. The molecule has 0 spiro atoms. The average molecular weight is 239 g/mol. The number of rotatable bonds is 2. The molecule has 1 aliphatic heterocycles. The van der Waals surface area contributed by atoms with E-state index in [4.69, 9.17) is 11.6 Å². The first-order valence-electron chi connectivity index (χ1n) is 5.44. The van der Waals surface area contributed by atoms with Crippen LogP contribution < -0.4 is 10.6 Å². The van der Waals surface area contributed by atoms with Gasteiger partial charge in [-0.15, -0.1) is 0 Å². The van der Waals surface area contributed by atoms with Crippen molar-refractivity contribution in [1.29, 1.82) is 0 Å². The lowest BCUT2D eigenvalue weighted by Crippen LogP contribution is -2.36. The standard InChI is InChI=1S/C12H15ClN2O/c1-8-6-9(2-3-11(8)13)12(16)15-10-4-5-14-7-10/h2-3,6,10,14H,4-5,7H2,1H3,(H,15,16)/t10-/m1/s1. The van der Waals surface area contributed by atoms with Crippen molar-refractivity contribution in [3.63, 3.8) is 0 Å². The Balaban J connectivity index is 2.05. The molecule has 1 atom stereocenters. The Hall–Kier alpha value is -1.06. The number of halogens is 1. The number of aryl methyl sites for hydroxylation is 1. The first-order valence-corrected chi connectivity index (χ1v) is 5.82. The highest BCUT2D eigenvalue weighted by molar-refractivity contribution is 6.31. The van der Waals surface area contributed by atoms with Gasteiger partial charge >= 0.3 is 0 Å². The third-order valence-corrected chi connectivity index (χ3v) is 3.24. The van der Waals surface area contributed by atoms with Gasteiger partial charge in [0.15, 0.2) is 0 Å². The number of hydrogen-bond donors (Lipinski definition) is 2. The largest absolute Gasteiger partial charge is 0.348 e. The summed E-state index contributed by atoms with van der Waals surface area (Å²) in [5.41, 5.74) is 1.60. The molecule has 0 unspecified atom stereocenters. The molecule has 2 rings (SSSR count). The third kappa shape index (κ3) is 2.54. The Bertz CT molecular complexity index is 400. The van der Waals surface area contributed by atoms with Gasteiger partial charge in [0.1, 0.15) is 0 Å². The summed E-state index contributed by atoms with van der Waals surface area (Å²) in [7, 11) is 0. The number of carbonyl (C=O) groups excluding carboxylic acids is 1. The summed E-state index contributed by atoms with van der Waals surface area (Å²) >= 11 is 5.91. The van der Waals surface area contributed by atoms with Crippen molar-refractivity contribution in [3.8, 4) is 0 Å². The number of amides is 1. The van der Waals surface area contributed by atoms with E-state index >= 15 is 0 Å². The number of nitrogens with one attached hydrogen (secondary N) is 2. The second-order valence-electron chi connectivity index (χ2n) is 4.13. The summed E-state index contributed by atoms with van der Waals surface area (Å²) in [6, 6.07) is 5.59. The van der Waals surface area contributed by atoms with E-state index in [1.165, 1.54) is 0 Å². The summed E-state index contributed by atoms with van der Waals surface area (Å²) in [6.07, 6.45) is 0.998. The van der Waals surface area contributed by atoms with E-state index in [-0.39, 0.29) is 11.9 Å². The van der Waals surface area contributed by atoms with E-state index in [1.807, 2.05) is 13.0 Å². The molecular formula is C12H15ClN2O. The van der Waals surface area contributed by atoms with Gasteiger partial charge in [-0.1, -0.05) is 11.6 Å². The molecule has 1 amide bonds. The van der Waals surface area contributed by atoms with Gasteiger partial charge in [0.2, 0.25) is 0 Å². The van der Waals surface area contributed by atoms with E-state index in [1.54, 1.807) is 12.1 Å². The summed E-state index contributed by atoms with van der Waals surface area (Å²) in [5.74, 6) is -0.0199. The van der Waals surface area contributed by atoms with Gasteiger partial charge < -0.3 is 10.6 Å². The summed E-state index contributed by atoms with van der Waals surface area (Å²) < 4.78 is 0. The molecule has 1 fully saturated rings. The summed E-state index contributed by atoms with van der Waals surface area (Å²) in [6.45, 7) is 3.74. The van der Waals surface area contributed by atoms with Crippen LogP contribution in [0.1, 0.15) is 22.3 Å². The van der Waals surface area contributed by atoms with Crippen LogP contribution in [-0.4, -0.2) is 25.0 Å². The van der Waals surface area contributed by atoms with Gasteiger partial charge in [0.05, 0.1) is 0 Å². The highest BCUT2D eigenvalue weighted by atomic mass is 35.5. The lowest BCUT2D eigenvalue weighted by atomic mass is 10.1. The smallest absolute Gasteiger partial charge is 0.251 e. The van der Waals surface area contributed by atoms with Gasteiger partial charge in [-0.3, -0.25) is 4.79 Å². The van der Waals surface area contributed by atoms with Gasteiger partial charge in [0.25, 0.3) is 5.91 Å². The minimum atomic E-state index is -0.0199. The van der Waals surface area contributed by atoms with Crippen LogP contribution in [0.4, 0.5) is 0 Å². The van der Waals surface area contributed by atoms with E-state index in [2.05, 4.69) is 10.6 Å². The van der Waals surface area contributed by atoms with E-state index in [9.17, 15) is 4.79 Å². The molecule has 2 N–H and O–H groups in total. The van der Waals surface area contributed by atoms with Crippen LogP contribution in [-0.2, 0) is 0 Å². The minimum absolute atomic E-state index is 0.0199. The zero-order valence-electron chi connectivity index (χ0n) is 9.22. The van der Waals surface area contributed by atoms with Gasteiger partial charge in [-0.25, -0.2) is 0 Å². The van der Waals surface area contributed by atoms with Crippen molar-refractivity contribution in [2.75, 3.05) is 13.1 Å². The van der Waals surface area contributed by atoms with Crippen LogP contribution in [0.15, 0.2) is 18.2 Å². The van der Waals surface area contributed by atoms with Crippen molar-refractivity contribution in [3.05, 3.63) is 34.3 Å². The van der Waals surface area contributed by atoms with Crippen molar-refractivity contribution < 1.29 is 4.79 Å². The lowest BCUT2D eigenvalue weighted by Gasteiger charge is -2.11. The molecule has 0 radical (unpaired) electrons. The second-order valence-corrected chi connectivity index (χ2v) is 4.53. The average Bonchev–Trinajstić information content (AvgIpc) is 2.74. The van der Waals surface area contributed by atoms with Crippen molar-refractivity contribution in [2.24, 2.45) is 0 Å². The fraction of sp³-hybridized carbons (Fsp3) is 0.417. The normalized spacial score (nSPS) is 19.8. The number of benzene rings is 1. The lowest BCUT2D eigenvalue weighted by molar-refractivity contribution is 0.0940. The number of carbonyl (C=O) groups is 1. The van der Waals surface area contributed by atoms with Crippen LogP contribution in [0.25, 0.3) is 0 Å². The minimum Gasteiger partial charge on any atom is -0.348 e. The van der Waals surface area contributed by atoms with Crippen LogP contribution in [0, 0.1) is 6.92 Å². The maximum Gasteiger partial charge on any atom is 0.251 e. The Kier molecular flexibility index (Phi) is 3.46. The topological polar surface area (TPSA) is 41.1 Å². The quantitative estimate of drug-likeness (QED) is 0.824. The Labute approximate surface area is 100 Å². The van der Waals surface area contributed by atoms with Crippen LogP contribution in [0.3, 0.4) is 0 Å². The molecule has 0 aromatic heterocycles. The number of hydrogen-bond acceptors (Lipinski definition) is 2. The fourth-order valence-corrected chi connectivity index (χ4v) is 1.95. The molecule has 1 aliphatic rings. The van der Waals surface area contributed by atoms with Gasteiger partial charge in [0, 0.05) is 23.2 Å². The van der Waals surface area contributed by atoms with Crippen LogP contribution in [0.2, 0.25) is 5.02 Å². The molecule has 3 nitrogen and oxygen atoms in total. The molecule has 1 saturated heterocycles. The predicted molar refractivity (Wildman–Crippen MR) is 64.9 cm³/mol. The molecule has 86 valence electrons. The molecule has 0 aliphatic carbocycles. The summed E-state index contributed by atoms with van der Waals surface area (Å²) in [5, 5.41) is 6.90. The van der Waals surface area contributed by atoms with E-state index < -0.39 is 0 Å². The molecule has 16 heavy (non-hydrogen) atoms. The highest BCUT2D eigenvalue weighted by Crippen LogP contribution is 2.16. The highest BCUT2D eigenvalue weighted by Gasteiger charge is 2.17. The summed E-state index contributed by atoms with van der Waals surface area (Å²) in [4.78, 5) is 11.9. The Morgan fingerprint density at radius 3 is 3.00 bits per heavy atom. The Morgan fingerprint density at radius 1 is 1.56 bits per heavy atom. The van der Waals surface area contributed by atoms with Crippen LogP contribution in [0.5, 0.6) is 0 Å². The molecule has 0 saturated carbocycles. The third-order valence-electron chi connectivity index (χ3n) is 2.82. The fourth-order valence-electron chi connectivity index (χ4n) is 1.83. The van der Waals surface area contributed by atoms with Crippen molar-refractivity contribution >= 4 is 17.5 Å². The SMILES string of the molecule is Cc1cc(C(=O)N[C@@H]2CCNC2)ccc1Cl. The van der Waals surface area contributed by atoms with Crippen LogP contribution >= 0.6 is 11.6 Å². The Morgan fingerprint density at radius 2 is 2.38 bits per heavy atom. The first-order chi connectivity index (χ1) is 7.66. The predicted octanol–water partition coefficient (Wildman–Crippen LogP) is 1.74.